The SMILES string of the molecule is C=C(CCCCCCCC(C)C/C=C\CCCCC)OCCN(CCC)C(=O)CC. The smallest absolute Gasteiger partial charge is 0.222 e. The number of hydrogen-bond donors (Lipinski definition) is 0. The third-order valence-electron chi connectivity index (χ3n) is 5.65. The summed E-state index contributed by atoms with van der Waals surface area (Å²) in [5.74, 6) is 1.89. The first-order valence-electron chi connectivity index (χ1n) is 12.8. The van der Waals surface area contributed by atoms with Gasteiger partial charge in [0, 0.05) is 19.4 Å². The van der Waals surface area contributed by atoms with Gasteiger partial charge in [-0.3, -0.25) is 4.79 Å². The summed E-state index contributed by atoms with van der Waals surface area (Å²) in [5, 5.41) is 0. The minimum atomic E-state index is 0.211. The van der Waals surface area contributed by atoms with Crippen LogP contribution in [0.1, 0.15) is 118 Å². The van der Waals surface area contributed by atoms with Crippen LogP contribution >= 0.6 is 0 Å². The topological polar surface area (TPSA) is 29.5 Å². The van der Waals surface area contributed by atoms with E-state index in [1.165, 1.54) is 64.2 Å². The lowest BCUT2D eigenvalue weighted by Crippen LogP contribution is -2.34. The molecule has 1 atom stereocenters. The zero-order valence-electron chi connectivity index (χ0n) is 20.7. The highest BCUT2D eigenvalue weighted by Gasteiger charge is 2.10. The molecule has 3 nitrogen and oxygen atoms in total. The number of carbonyl (C=O) groups excluding carboxylic acids is 1. The summed E-state index contributed by atoms with van der Waals surface area (Å²) < 4.78 is 5.75. The summed E-state index contributed by atoms with van der Waals surface area (Å²) in [7, 11) is 0. The quantitative estimate of drug-likeness (QED) is 0.106. The van der Waals surface area contributed by atoms with Crippen LogP contribution in [0.2, 0.25) is 0 Å². The molecule has 0 bridgehead atoms. The van der Waals surface area contributed by atoms with E-state index in [4.69, 9.17) is 4.74 Å². The number of hydrogen-bond acceptors (Lipinski definition) is 2. The first kappa shape index (κ1) is 28.8. The summed E-state index contributed by atoms with van der Waals surface area (Å²) in [4.78, 5) is 13.8. The maximum atomic E-state index is 11.9. The van der Waals surface area contributed by atoms with Crippen LogP contribution in [0.15, 0.2) is 24.5 Å². The van der Waals surface area contributed by atoms with Crippen molar-refractivity contribution in [3.8, 4) is 0 Å². The van der Waals surface area contributed by atoms with Gasteiger partial charge in [-0.1, -0.05) is 91.4 Å². The number of ether oxygens (including phenoxy) is 1. The van der Waals surface area contributed by atoms with Gasteiger partial charge >= 0.3 is 0 Å². The predicted molar refractivity (Wildman–Crippen MR) is 132 cm³/mol. The summed E-state index contributed by atoms with van der Waals surface area (Å²) in [6.45, 7) is 14.8. The van der Waals surface area contributed by atoms with E-state index in [1.54, 1.807) is 0 Å². The second-order valence-electron chi connectivity index (χ2n) is 8.74. The van der Waals surface area contributed by atoms with Gasteiger partial charge in [0.05, 0.1) is 12.3 Å². The Bertz CT molecular complexity index is 444. The van der Waals surface area contributed by atoms with Gasteiger partial charge in [0.2, 0.25) is 5.91 Å². The van der Waals surface area contributed by atoms with Gasteiger partial charge in [0.1, 0.15) is 6.61 Å². The number of allylic oxidation sites excluding steroid dienone is 3. The zero-order valence-corrected chi connectivity index (χ0v) is 20.7. The van der Waals surface area contributed by atoms with Gasteiger partial charge in [-0.25, -0.2) is 0 Å². The minimum absolute atomic E-state index is 0.211. The van der Waals surface area contributed by atoms with E-state index >= 15 is 0 Å². The Morgan fingerprint density at radius 1 is 0.933 bits per heavy atom. The molecule has 176 valence electrons. The van der Waals surface area contributed by atoms with Crippen molar-refractivity contribution in [3.05, 3.63) is 24.5 Å². The molecule has 0 saturated heterocycles. The van der Waals surface area contributed by atoms with Crippen molar-refractivity contribution < 1.29 is 9.53 Å². The predicted octanol–water partition coefficient (Wildman–Crippen LogP) is 8.06. The van der Waals surface area contributed by atoms with Crippen LogP contribution in [0.5, 0.6) is 0 Å². The Labute approximate surface area is 188 Å². The van der Waals surface area contributed by atoms with Crippen molar-refractivity contribution in [3.63, 3.8) is 0 Å². The van der Waals surface area contributed by atoms with Crippen LogP contribution in [0, 0.1) is 5.92 Å². The highest BCUT2D eigenvalue weighted by atomic mass is 16.5. The van der Waals surface area contributed by atoms with E-state index in [9.17, 15) is 4.79 Å². The number of nitrogens with zero attached hydrogens (tertiary/aromatic N) is 1. The molecular formula is C27H51NO2. The third kappa shape index (κ3) is 17.6. The summed E-state index contributed by atoms with van der Waals surface area (Å²) in [6, 6.07) is 0. The number of carbonyl (C=O) groups is 1. The molecule has 0 heterocycles. The molecule has 0 N–H and O–H groups in total. The number of rotatable bonds is 21. The van der Waals surface area contributed by atoms with Crippen LogP contribution in [0.4, 0.5) is 0 Å². The van der Waals surface area contributed by atoms with Crippen molar-refractivity contribution in [2.24, 2.45) is 5.92 Å². The highest BCUT2D eigenvalue weighted by Crippen LogP contribution is 2.16. The van der Waals surface area contributed by atoms with E-state index in [0.29, 0.717) is 19.6 Å². The molecule has 1 amide bonds. The van der Waals surface area contributed by atoms with E-state index in [1.807, 2.05) is 11.8 Å². The molecule has 0 aromatic rings. The van der Waals surface area contributed by atoms with Gasteiger partial charge in [-0.2, -0.15) is 0 Å². The van der Waals surface area contributed by atoms with Crippen LogP contribution in [-0.2, 0) is 9.53 Å². The minimum Gasteiger partial charge on any atom is -0.497 e. The fourth-order valence-electron chi connectivity index (χ4n) is 3.65. The van der Waals surface area contributed by atoms with E-state index in [0.717, 1.165) is 37.5 Å². The summed E-state index contributed by atoms with van der Waals surface area (Å²) in [6.07, 6.45) is 21.5. The molecule has 0 saturated carbocycles. The Balaban J connectivity index is 3.58. The molecule has 0 radical (unpaired) electrons. The Morgan fingerprint density at radius 2 is 1.67 bits per heavy atom. The van der Waals surface area contributed by atoms with Crippen molar-refractivity contribution in [2.75, 3.05) is 19.7 Å². The second-order valence-corrected chi connectivity index (χ2v) is 8.74. The number of unbranched alkanes of at least 4 members (excludes halogenated alkanes) is 7. The Hall–Kier alpha value is -1.25. The standard InChI is InChI=1S/C27H51NO2/c1-6-9-10-11-13-16-19-25(4)20-17-14-12-15-18-21-26(5)30-24-23-28(22-7-2)27(29)8-3/h13,16,25H,5-12,14-15,17-24H2,1-4H3/b16-13-. The lowest BCUT2D eigenvalue weighted by atomic mass is 9.98. The van der Waals surface area contributed by atoms with Crippen LogP contribution in [0.3, 0.4) is 0 Å². The Morgan fingerprint density at radius 3 is 2.37 bits per heavy atom. The van der Waals surface area contributed by atoms with Crippen molar-refractivity contribution in [2.45, 2.75) is 118 Å². The fourth-order valence-corrected chi connectivity index (χ4v) is 3.65. The monoisotopic (exact) mass is 421 g/mol. The molecule has 0 spiro atoms. The van der Waals surface area contributed by atoms with Gasteiger partial charge in [0.15, 0.2) is 0 Å². The van der Waals surface area contributed by atoms with Crippen LogP contribution in [0.25, 0.3) is 0 Å². The van der Waals surface area contributed by atoms with Crippen molar-refractivity contribution in [1.29, 1.82) is 0 Å². The summed E-state index contributed by atoms with van der Waals surface area (Å²) >= 11 is 0. The lowest BCUT2D eigenvalue weighted by molar-refractivity contribution is -0.131. The van der Waals surface area contributed by atoms with Gasteiger partial charge in [0.25, 0.3) is 0 Å². The van der Waals surface area contributed by atoms with E-state index in [-0.39, 0.29) is 5.91 Å². The molecule has 0 rings (SSSR count). The lowest BCUT2D eigenvalue weighted by Gasteiger charge is -2.22. The molecule has 0 fully saturated rings. The maximum absolute atomic E-state index is 11.9. The average molecular weight is 422 g/mol. The highest BCUT2D eigenvalue weighted by molar-refractivity contribution is 5.75. The second kappa shape index (κ2) is 21.0. The Kier molecular flexibility index (Phi) is 20.1. The molecule has 1 unspecified atom stereocenters. The van der Waals surface area contributed by atoms with Crippen molar-refractivity contribution >= 4 is 5.91 Å². The molecule has 0 aliphatic rings. The first-order valence-corrected chi connectivity index (χ1v) is 12.8. The maximum Gasteiger partial charge on any atom is 0.222 e. The fraction of sp³-hybridized carbons (Fsp3) is 0.815. The largest absolute Gasteiger partial charge is 0.497 e. The van der Waals surface area contributed by atoms with Gasteiger partial charge in [-0.15, -0.1) is 0 Å². The molecular weight excluding hydrogens is 370 g/mol. The van der Waals surface area contributed by atoms with Gasteiger partial charge in [-0.05, 0) is 38.0 Å². The molecule has 30 heavy (non-hydrogen) atoms. The molecule has 0 aromatic heterocycles. The number of amides is 1. The van der Waals surface area contributed by atoms with Crippen LogP contribution < -0.4 is 0 Å². The van der Waals surface area contributed by atoms with Crippen molar-refractivity contribution in [1.82, 2.24) is 4.90 Å². The van der Waals surface area contributed by atoms with Crippen LogP contribution in [-0.4, -0.2) is 30.5 Å². The summed E-state index contributed by atoms with van der Waals surface area (Å²) in [5.41, 5.74) is 0. The zero-order chi connectivity index (χ0) is 22.5. The molecule has 0 aliphatic heterocycles. The molecule has 0 aliphatic carbocycles. The van der Waals surface area contributed by atoms with E-state index in [2.05, 4.69) is 39.5 Å². The first-order chi connectivity index (χ1) is 14.5. The molecule has 3 heteroatoms. The van der Waals surface area contributed by atoms with Gasteiger partial charge < -0.3 is 9.64 Å². The normalized spacial score (nSPS) is 12.3. The third-order valence-corrected chi connectivity index (χ3v) is 5.65. The average Bonchev–Trinajstić information content (AvgIpc) is 2.74. The molecule has 0 aromatic carbocycles. The van der Waals surface area contributed by atoms with E-state index < -0.39 is 0 Å².